The van der Waals surface area contributed by atoms with Gasteiger partial charge in [-0.2, -0.15) is 0 Å². The summed E-state index contributed by atoms with van der Waals surface area (Å²) < 4.78 is 22.0. The van der Waals surface area contributed by atoms with Crippen molar-refractivity contribution in [2.24, 2.45) is 0 Å². The highest BCUT2D eigenvalue weighted by Gasteiger charge is 2.21. The van der Waals surface area contributed by atoms with Crippen molar-refractivity contribution in [2.75, 3.05) is 31.6 Å². The van der Waals surface area contributed by atoms with E-state index in [1.54, 1.807) is 0 Å². The SMILES string of the molecule is CC1CN(CCS(C)(=O)=O)CC(C)N1. The standard InChI is InChI=1S/C9H20N2O2S/c1-8-6-11(7-9(2)10-8)4-5-14(3,12)13/h8-10H,4-7H2,1-3H3. The molecule has 4 nitrogen and oxygen atoms in total. The van der Waals surface area contributed by atoms with Crippen LogP contribution in [0, 0.1) is 0 Å². The molecule has 14 heavy (non-hydrogen) atoms. The van der Waals surface area contributed by atoms with Crippen LogP contribution in [0.15, 0.2) is 0 Å². The van der Waals surface area contributed by atoms with E-state index in [9.17, 15) is 8.42 Å². The first-order valence-electron chi connectivity index (χ1n) is 5.03. The maximum absolute atomic E-state index is 11.0. The first-order chi connectivity index (χ1) is 6.37. The van der Waals surface area contributed by atoms with Crippen molar-refractivity contribution in [3.05, 3.63) is 0 Å². The lowest BCUT2D eigenvalue weighted by molar-refractivity contribution is 0.182. The molecule has 0 aromatic carbocycles. The normalized spacial score (nSPS) is 30.5. The molecule has 0 spiro atoms. The van der Waals surface area contributed by atoms with E-state index in [2.05, 4.69) is 24.1 Å². The molecule has 0 amide bonds. The number of sulfone groups is 1. The third-order valence-corrected chi connectivity index (χ3v) is 3.34. The Labute approximate surface area is 86.6 Å². The molecule has 2 atom stereocenters. The summed E-state index contributed by atoms with van der Waals surface area (Å²) in [4.78, 5) is 2.22. The minimum absolute atomic E-state index is 0.270. The maximum Gasteiger partial charge on any atom is 0.148 e. The Hall–Kier alpha value is -0.130. The van der Waals surface area contributed by atoms with Crippen LogP contribution in [0.5, 0.6) is 0 Å². The van der Waals surface area contributed by atoms with Crippen LogP contribution >= 0.6 is 0 Å². The molecule has 2 unspecified atom stereocenters. The highest BCUT2D eigenvalue weighted by molar-refractivity contribution is 7.90. The van der Waals surface area contributed by atoms with Crippen LogP contribution in [-0.4, -0.2) is 57.0 Å². The second kappa shape index (κ2) is 4.59. The molecule has 0 aromatic heterocycles. The third-order valence-electron chi connectivity index (χ3n) is 2.41. The van der Waals surface area contributed by atoms with Gasteiger partial charge in [-0.3, -0.25) is 4.90 Å². The zero-order valence-electron chi connectivity index (χ0n) is 9.16. The lowest BCUT2D eigenvalue weighted by Gasteiger charge is -2.35. The molecule has 0 radical (unpaired) electrons. The minimum Gasteiger partial charge on any atom is -0.309 e. The van der Waals surface area contributed by atoms with Crippen molar-refractivity contribution in [3.63, 3.8) is 0 Å². The summed E-state index contributed by atoms with van der Waals surface area (Å²) in [5.74, 6) is 0.270. The average molecular weight is 220 g/mol. The Morgan fingerprint density at radius 3 is 2.21 bits per heavy atom. The van der Waals surface area contributed by atoms with Crippen LogP contribution < -0.4 is 5.32 Å². The predicted octanol–water partition coefficient (Wildman–Crippen LogP) is -0.287. The summed E-state index contributed by atoms with van der Waals surface area (Å²) in [6.45, 7) is 6.81. The summed E-state index contributed by atoms with van der Waals surface area (Å²) >= 11 is 0. The summed E-state index contributed by atoms with van der Waals surface area (Å²) in [6, 6.07) is 0.914. The van der Waals surface area contributed by atoms with Crippen LogP contribution in [0.25, 0.3) is 0 Å². The molecule has 84 valence electrons. The van der Waals surface area contributed by atoms with Gasteiger partial charge >= 0.3 is 0 Å². The summed E-state index contributed by atoms with van der Waals surface area (Å²) in [7, 11) is -2.82. The van der Waals surface area contributed by atoms with Gasteiger partial charge in [-0.25, -0.2) is 8.42 Å². The summed E-state index contributed by atoms with van der Waals surface area (Å²) in [5, 5.41) is 3.42. The first kappa shape index (κ1) is 11.9. The Morgan fingerprint density at radius 1 is 1.29 bits per heavy atom. The first-order valence-corrected chi connectivity index (χ1v) is 7.09. The average Bonchev–Trinajstić information content (AvgIpc) is 1.97. The quantitative estimate of drug-likeness (QED) is 0.710. The zero-order valence-corrected chi connectivity index (χ0v) is 9.97. The lowest BCUT2D eigenvalue weighted by Crippen LogP contribution is -2.54. The van der Waals surface area contributed by atoms with Crippen LogP contribution in [0.3, 0.4) is 0 Å². The fourth-order valence-electron chi connectivity index (χ4n) is 1.92. The van der Waals surface area contributed by atoms with Crippen molar-refractivity contribution >= 4 is 9.84 Å². The van der Waals surface area contributed by atoms with Crippen LogP contribution in [0.2, 0.25) is 0 Å². The molecule has 1 saturated heterocycles. The molecule has 1 aliphatic heterocycles. The molecule has 1 N–H and O–H groups in total. The van der Waals surface area contributed by atoms with Gasteiger partial charge in [0, 0.05) is 38.0 Å². The Kier molecular flexibility index (Phi) is 3.92. The molecule has 0 saturated carbocycles. The van der Waals surface area contributed by atoms with Gasteiger partial charge in [0.05, 0.1) is 5.75 Å². The predicted molar refractivity (Wildman–Crippen MR) is 58.2 cm³/mol. The van der Waals surface area contributed by atoms with Crippen molar-refractivity contribution in [2.45, 2.75) is 25.9 Å². The van der Waals surface area contributed by atoms with E-state index in [-0.39, 0.29) is 5.75 Å². The van der Waals surface area contributed by atoms with E-state index >= 15 is 0 Å². The Morgan fingerprint density at radius 2 is 1.79 bits per heavy atom. The Balaban J connectivity index is 2.38. The van der Waals surface area contributed by atoms with Gasteiger partial charge < -0.3 is 5.32 Å². The largest absolute Gasteiger partial charge is 0.309 e. The summed E-state index contributed by atoms with van der Waals surface area (Å²) in [6.07, 6.45) is 1.29. The second-order valence-electron chi connectivity index (χ2n) is 4.36. The molecule has 1 aliphatic rings. The molecule has 0 aliphatic carbocycles. The number of rotatable bonds is 3. The molecule has 5 heteroatoms. The van der Waals surface area contributed by atoms with Gasteiger partial charge in [-0.15, -0.1) is 0 Å². The molecule has 0 bridgehead atoms. The Bertz CT molecular complexity index is 267. The maximum atomic E-state index is 11.0. The molecule has 1 fully saturated rings. The second-order valence-corrected chi connectivity index (χ2v) is 6.62. The van der Waals surface area contributed by atoms with Gasteiger partial charge in [0.1, 0.15) is 9.84 Å². The van der Waals surface area contributed by atoms with Gasteiger partial charge in [0.2, 0.25) is 0 Å². The van der Waals surface area contributed by atoms with Gasteiger partial charge in [-0.05, 0) is 13.8 Å². The number of hydrogen-bond acceptors (Lipinski definition) is 4. The van der Waals surface area contributed by atoms with E-state index in [1.807, 2.05) is 0 Å². The number of hydrogen-bond donors (Lipinski definition) is 1. The zero-order chi connectivity index (χ0) is 10.8. The van der Waals surface area contributed by atoms with Crippen molar-refractivity contribution in [1.29, 1.82) is 0 Å². The van der Waals surface area contributed by atoms with Crippen molar-refractivity contribution in [1.82, 2.24) is 10.2 Å². The van der Waals surface area contributed by atoms with E-state index in [0.29, 0.717) is 18.6 Å². The van der Waals surface area contributed by atoms with Crippen LogP contribution in [0.1, 0.15) is 13.8 Å². The van der Waals surface area contributed by atoms with E-state index in [1.165, 1.54) is 6.26 Å². The van der Waals surface area contributed by atoms with Gasteiger partial charge in [0.15, 0.2) is 0 Å². The molecule has 0 aromatic rings. The van der Waals surface area contributed by atoms with Crippen molar-refractivity contribution in [3.8, 4) is 0 Å². The number of nitrogens with one attached hydrogen (secondary N) is 1. The monoisotopic (exact) mass is 220 g/mol. The fourth-order valence-corrected chi connectivity index (χ4v) is 2.51. The van der Waals surface area contributed by atoms with Crippen LogP contribution in [0.4, 0.5) is 0 Å². The van der Waals surface area contributed by atoms with Gasteiger partial charge in [0.25, 0.3) is 0 Å². The lowest BCUT2D eigenvalue weighted by atomic mass is 10.1. The molecular formula is C9H20N2O2S. The minimum atomic E-state index is -2.82. The topological polar surface area (TPSA) is 49.4 Å². The summed E-state index contributed by atoms with van der Waals surface area (Å²) in [5.41, 5.74) is 0. The number of piperazine rings is 1. The highest BCUT2D eigenvalue weighted by Crippen LogP contribution is 2.03. The molecule has 1 heterocycles. The number of nitrogens with zero attached hydrogens (tertiary/aromatic N) is 1. The van der Waals surface area contributed by atoms with Crippen LogP contribution in [-0.2, 0) is 9.84 Å². The van der Waals surface area contributed by atoms with E-state index in [4.69, 9.17) is 0 Å². The fraction of sp³-hybridized carbons (Fsp3) is 1.00. The molecule has 1 rings (SSSR count). The van der Waals surface area contributed by atoms with Crippen molar-refractivity contribution < 1.29 is 8.42 Å². The molecular weight excluding hydrogens is 200 g/mol. The third kappa shape index (κ3) is 4.39. The van der Waals surface area contributed by atoms with E-state index < -0.39 is 9.84 Å². The smallest absolute Gasteiger partial charge is 0.148 e. The highest BCUT2D eigenvalue weighted by atomic mass is 32.2. The van der Waals surface area contributed by atoms with E-state index in [0.717, 1.165) is 13.1 Å². The van der Waals surface area contributed by atoms with Gasteiger partial charge in [-0.1, -0.05) is 0 Å².